The van der Waals surface area contributed by atoms with Crippen molar-refractivity contribution in [2.24, 2.45) is 0 Å². The van der Waals surface area contributed by atoms with Gasteiger partial charge < -0.3 is 9.64 Å². The highest BCUT2D eigenvalue weighted by Crippen LogP contribution is 2.29. The van der Waals surface area contributed by atoms with Crippen molar-refractivity contribution < 1.29 is 22.7 Å². The number of carbonyl (C=O) groups excluding carboxylic acids is 1. The summed E-state index contributed by atoms with van der Waals surface area (Å²) in [4.78, 5) is 16.5. The Hall–Kier alpha value is -1.60. The summed E-state index contributed by atoms with van der Waals surface area (Å²) in [6.07, 6.45) is -0.922. The number of hydrogen-bond donors (Lipinski definition) is 0. The Morgan fingerprint density at radius 3 is 2.50 bits per heavy atom. The zero-order valence-corrected chi connectivity index (χ0v) is 14.8. The van der Waals surface area contributed by atoms with Gasteiger partial charge in [-0.05, 0) is 37.0 Å². The summed E-state index contributed by atoms with van der Waals surface area (Å²) in [7, 11) is 0. The maximum absolute atomic E-state index is 12.6. The van der Waals surface area contributed by atoms with Crippen LogP contribution in [0.1, 0.15) is 36.8 Å². The monoisotopic (exact) mass is 370 g/mol. The molecule has 7 heteroatoms. The van der Waals surface area contributed by atoms with E-state index in [9.17, 15) is 18.0 Å². The van der Waals surface area contributed by atoms with Crippen LogP contribution in [0.5, 0.6) is 0 Å². The van der Waals surface area contributed by atoms with Gasteiger partial charge in [0.05, 0.1) is 18.1 Å². The number of alkyl halides is 3. The average Bonchev–Trinajstić information content (AvgIpc) is 2.99. The third-order valence-corrected chi connectivity index (χ3v) is 5.05. The van der Waals surface area contributed by atoms with Crippen LogP contribution >= 0.6 is 0 Å². The number of ether oxygens (including phenoxy) is 1. The molecule has 1 unspecified atom stereocenters. The maximum atomic E-state index is 12.6. The number of nitrogens with zero attached hydrogens (tertiary/aromatic N) is 2. The first-order chi connectivity index (χ1) is 12.4. The van der Waals surface area contributed by atoms with Crippen LogP contribution in [-0.4, -0.2) is 54.6 Å². The fourth-order valence-corrected chi connectivity index (χ4v) is 3.56. The Morgan fingerprint density at radius 2 is 1.85 bits per heavy atom. The zero-order chi connectivity index (χ0) is 18.6. The normalized spacial score (nSPS) is 22.4. The van der Waals surface area contributed by atoms with E-state index in [2.05, 4.69) is 4.90 Å². The molecule has 0 spiro atoms. The van der Waals surface area contributed by atoms with Gasteiger partial charge in [0.1, 0.15) is 0 Å². The van der Waals surface area contributed by atoms with Gasteiger partial charge in [-0.3, -0.25) is 9.69 Å². The van der Waals surface area contributed by atoms with Gasteiger partial charge in [-0.2, -0.15) is 13.2 Å². The first kappa shape index (κ1) is 19.2. The molecular weight excluding hydrogens is 345 g/mol. The minimum Gasteiger partial charge on any atom is -0.378 e. The number of rotatable bonds is 4. The maximum Gasteiger partial charge on any atom is 0.416 e. The molecule has 2 aliphatic rings. The molecule has 2 saturated heterocycles. The van der Waals surface area contributed by atoms with Gasteiger partial charge in [-0.1, -0.05) is 12.1 Å². The van der Waals surface area contributed by atoms with E-state index in [4.69, 9.17) is 4.74 Å². The summed E-state index contributed by atoms with van der Waals surface area (Å²) in [6, 6.07) is 5.33. The molecule has 0 saturated carbocycles. The minimum atomic E-state index is -4.30. The predicted octanol–water partition coefficient (Wildman–Crippen LogP) is 3.31. The third-order valence-electron chi connectivity index (χ3n) is 5.05. The first-order valence-corrected chi connectivity index (χ1v) is 9.20. The number of carbonyl (C=O) groups is 1. The van der Waals surface area contributed by atoms with Crippen molar-refractivity contribution in [3.8, 4) is 0 Å². The van der Waals surface area contributed by atoms with Crippen molar-refractivity contribution in [1.29, 1.82) is 0 Å². The summed E-state index contributed by atoms with van der Waals surface area (Å²) in [6.45, 7) is 4.31. The molecule has 26 heavy (non-hydrogen) atoms. The molecule has 0 N–H and O–H groups in total. The van der Waals surface area contributed by atoms with E-state index in [1.54, 1.807) is 0 Å². The quantitative estimate of drug-likeness (QED) is 0.815. The van der Waals surface area contributed by atoms with Crippen LogP contribution in [0.4, 0.5) is 13.2 Å². The van der Waals surface area contributed by atoms with E-state index in [1.165, 1.54) is 12.1 Å². The Labute approximate surface area is 151 Å². The van der Waals surface area contributed by atoms with Crippen LogP contribution in [0.3, 0.4) is 0 Å². The highest BCUT2D eigenvalue weighted by atomic mass is 19.4. The molecule has 3 rings (SSSR count). The molecule has 1 aromatic carbocycles. The summed E-state index contributed by atoms with van der Waals surface area (Å²) >= 11 is 0. The summed E-state index contributed by atoms with van der Waals surface area (Å²) < 4.78 is 43.5. The van der Waals surface area contributed by atoms with Crippen LogP contribution in [0.15, 0.2) is 24.3 Å². The van der Waals surface area contributed by atoms with Gasteiger partial charge in [0.15, 0.2) is 0 Å². The van der Waals surface area contributed by atoms with Gasteiger partial charge in [0, 0.05) is 39.3 Å². The van der Waals surface area contributed by atoms with Gasteiger partial charge in [0.25, 0.3) is 0 Å². The molecule has 1 aromatic rings. The van der Waals surface area contributed by atoms with Crippen molar-refractivity contribution in [2.75, 3.05) is 32.8 Å². The molecule has 2 heterocycles. The van der Waals surface area contributed by atoms with E-state index >= 15 is 0 Å². The molecule has 0 aromatic heterocycles. The number of hydrogen-bond acceptors (Lipinski definition) is 3. The van der Waals surface area contributed by atoms with E-state index in [-0.39, 0.29) is 12.0 Å². The van der Waals surface area contributed by atoms with Crippen LogP contribution < -0.4 is 0 Å². The largest absolute Gasteiger partial charge is 0.416 e. The second-order valence-electron chi connectivity index (χ2n) is 7.04. The first-order valence-electron chi connectivity index (χ1n) is 9.20. The SMILES string of the molecule is O=C(CC1CCCO1)N1CCCN(Cc2ccc(C(F)(F)F)cc2)CC1. The van der Waals surface area contributed by atoms with Crippen molar-refractivity contribution in [1.82, 2.24) is 9.80 Å². The molecule has 2 fully saturated rings. The smallest absolute Gasteiger partial charge is 0.378 e. The minimum absolute atomic E-state index is 0.0639. The number of benzene rings is 1. The van der Waals surface area contributed by atoms with Crippen LogP contribution in [0.25, 0.3) is 0 Å². The molecule has 0 bridgehead atoms. The Kier molecular flexibility index (Phi) is 6.19. The van der Waals surface area contributed by atoms with Crippen LogP contribution in [-0.2, 0) is 22.3 Å². The van der Waals surface area contributed by atoms with Crippen molar-refractivity contribution in [2.45, 2.75) is 44.5 Å². The highest BCUT2D eigenvalue weighted by Gasteiger charge is 2.30. The summed E-state index contributed by atoms with van der Waals surface area (Å²) in [5.41, 5.74) is 0.236. The number of halogens is 3. The van der Waals surface area contributed by atoms with Crippen molar-refractivity contribution >= 4 is 5.91 Å². The molecule has 0 radical (unpaired) electrons. The molecule has 0 aliphatic carbocycles. The molecular formula is C19H25F3N2O2. The third kappa shape index (κ3) is 5.20. The van der Waals surface area contributed by atoms with E-state index in [0.29, 0.717) is 19.5 Å². The average molecular weight is 370 g/mol. The van der Waals surface area contributed by atoms with E-state index < -0.39 is 11.7 Å². The Balaban J connectivity index is 1.49. The number of amides is 1. The topological polar surface area (TPSA) is 32.8 Å². The lowest BCUT2D eigenvalue weighted by molar-refractivity contribution is -0.137. The lowest BCUT2D eigenvalue weighted by Crippen LogP contribution is -2.36. The molecule has 1 atom stereocenters. The van der Waals surface area contributed by atoms with E-state index in [1.807, 2.05) is 4.90 Å². The summed E-state index contributed by atoms with van der Waals surface area (Å²) in [5, 5.41) is 0. The van der Waals surface area contributed by atoms with Crippen LogP contribution in [0, 0.1) is 0 Å². The highest BCUT2D eigenvalue weighted by molar-refractivity contribution is 5.76. The predicted molar refractivity (Wildman–Crippen MR) is 91.5 cm³/mol. The molecule has 2 aliphatic heterocycles. The standard InChI is InChI=1S/C19H25F3N2O2/c20-19(21,22)16-6-4-15(5-7-16)14-23-8-2-9-24(11-10-23)18(25)13-17-3-1-12-26-17/h4-7,17H,1-3,8-14H2. The molecule has 1 amide bonds. The lowest BCUT2D eigenvalue weighted by atomic mass is 10.1. The van der Waals surface area contributed by atoms with Crippen molar-refractivity contribution in [3.05, 3.63) is 35.4 Å². The van der Waals surface area contributed by atoms with Gasteiger partial charge in [-0.25, -0.2) is 0 Å². The molecule has 144 valence electrons. The van der Waals surface area contributed by atoms with Gasteiger partial charge in [0.2, 0.25) is 5.91 Å². The fraction of sp³-hybridized carbons (Fsp3) is 0.632. The van der Waals surface area contributed by atoms with Crippen molar-refractivity contribution in [3.63, 3.8) is 0 Å². The van der Waals surface area contributed by atoms with Crippen LogP contribution in [0.2, 0.25) is 0 Å². The Morgan fingerprint density at radius 1 is 1.08 bits per heavy atom. The summed E-state index contributed by atoms with van der Waals surface area (Å²) in [5.74, 6) is 0.147. The second kappa shape index (κ2) is 8.39. The lowest BCUT2D eigenvalue weighted by Gasteiger charge is -2.23. The van der Waals surface area contributed by atoms with E-state index in [0.717, 1.165) is 63.2 Å². The Bertz CT molecular complexity index is 598. The fourth-order valence-electron chi connectivity index (χ4n) is 3.56. The molecule has 4 nitrogen and oxygen atoms in total. The van der Waals surface area contributed by atoms with Gasteiger partial charge >= 0.3 is 6.18 Å². The van der Waals surface area contributed by atoms with Gasteiger partial charge in [-0.15, -0.1) is 0 Å². The zero-order valence-electron chi connectivity index (χ0n) is 14.8. The second-order valence-corrected chi connectivity index (χ2v) is 7.04.